The fourth-order valence-electron chi connectivity index (χ4n) is 6.49. The lowest BCUT2D eigenvalue weighted by molar-refractivity contribution is 0.101. The number of hydrogen-bond acceptors (Lipinski definition) is 4. The van der Waals surface area contributed by atoms with Crippen LogP contribution in [0.2, 0.25) is 0 Å². The van der Waals surface area contributed by atoms with Crippen LogP contribution >= 0.6 is 23.5 Å². The minimum atomic E-state index is 0.0316. The summed E-state index contributed by atoms with van der Waals surface area (Å²) in [6.07, 6.45) is 28.7. The Bertz CT molecular complexity index is 1150. The molecule has 2 aromatic rings. The van der Waals surface area contributed by atoms with Gasteiger partial charge in [-0.05, 0) is 61.1 Å². The van der Waals surface area contributed by atoms with Gasteiger partial charge in [0.25, 0.3) is 0 Å². The van der Waals surface area contributed by atoms with Crippen molar-refractivity contribution in [3.05, 3.63) is 68.5 Å². The fraction of sp³-hybridized carbons (Fsp3) is 0.600. The molecule has 0 radical (unpaired) electrons. The third-order valence-corrected chi connectivity index (χ3v) is 11.7. The van der Waals surface area contributed by atoms with E-state index in [2.05, 4.69) is 50.2 Å². The van der Waals surface area contributed by atoms with Crippen molar-refractivity contribution in [1.29, 1.82) is 0 Å². The molecule has 2 aliphatic heterocycles. The molecule has 0 saturated carbocycles. The Balaban J connectivity index is 1.21. The first-order valence-corrected chi connectivity index (χ1v) is 19.7. The second-order valence-corrected chi connectivity index (χ2v) is 15.2. The van der Waals surface area contributed by atoms with Crippen LogP contribution in [0.15, 0.2) is 56.0 Å². The summed E-state index contributed by atoms with van der Waals surface area (Å²) in [5.74, 6) is 0.0633. The minimum Gasteiger partial charge on any atom is -0.288 e. The van der Waals surface area contributed by atoms with E-state index in [1.165, 1.54) is 163 Å². The van der Waals surface area contributed by atoms with E-state index in [9.17, 15) is 9.59 Å². The lowest BCUT2D eigenvalue weighted by Gasteiger charge is -2.04. The zero-order chi connectivity index (χ0) is 31.0. The third kappa shape index (κ3) is 10.6. The van der Waals surface area contributed by atoms with Gasteiger partial charge in [-0.3, -0.25) is 9.59 Å². The fourth-order valence-corrected chi connectivity index (χ4v) is 8.75. The monoisotopic (exact) mass is 632 g/mol. The molecule has 0 spiro atoms. The molecule has 44 heavy (non-hydrogen) atoms. The number of unbranched alkanes of at least 4 members (excludes halogenated alkanes) is 18. The van der Waals surface area contributed by atoms with Crippen LogP contribution < -0.4 is 0 Å². The molecule has 2 nitrogen and oxygen atoms in total. The van der Waals surface area contributed by atoms with E-state index in [-0.39, 0.29) is 11.6 Å². The molecule has 0 atom stereocenters. The Morgan fingerprint density at radius 3 is 1.09 bits per heavy atom. The Hall–Kier alpha value is -1.78. The average Bonchev–Trinajstić information content (AvgIpc) is 3.54. The number of Topliss-reactive ketones (excluding diaryl/α,β-unsaturated/α-hetero) is 2. The van der Waals surface area contributed by atoms with Gasteiger partial charge in [-0.25, -0.2) is 0 Å². The van der Waals surface area contributed by atoms with Crippen LogP contribution in [0.25, 0.3) is 0 Å². The summed E-state index contributed by atoms with van der Waals surface area (Å²) in [5.41, 5.74) is 4.06. The van der Waals surface area contributed by atoms with Gasteiger partial charge in [0.15, 0.2) is 0 Å². The molecule has 2 aromatic carbocycles. The van der Waals surface area contributed by atoms with Crippen LogP contribution in [0.3, 0.4) is 0 Å². The van der Waals surface area contributed by atoms with Gasteiger partial charge in [-0.2, -0.15) is 0 Å². The zero-order valence-electron chi connectivity index (χ0n) is 27.7. The first-order chi connectivity index (χ1) is 21.6. The van der Waals surface area contributed by atoms with Crippen LogP contribution in [0.4, 0.5) is 0 Å². The number of carbonyl (C=O) groups excluding carboxylic acids is 2. The molecule has 0 aromatic heterocycles. The van der Waals surface area contributed by atoms with Gasteiger partial charge in [-0.15, -0.1) is 0 Å². The highest BCUT2D eigenvalue weighted by Gasteiger charge is 2.36. The van der Waals surface area contributed by atoms with Crippen LogP contribution in [0.5, 0.6) is 0 Å². The number of thioether (sulfide) groups is 2. The Labute approximate surface area is 277 Å². The van der Waals surface area contributed by atoms with E-state index in [1.54, 1.807) is 0 Å². The zero-order valence-corrected chi connectivity index (χ0v) is 29.3. The van der Waals surface area contributed by atoms with Crippen molar-refractivity contribution in [2.75, 3.05) is 0 Å². The summed E-state index contributed by atoms with van der Waals surface area (Å²) >= 11 is 2.98. The van der Waals surface area contributed by atoms with Crippen molar-refractivity contribution in [2.24, 2.45) is 0 Å². The molecule has 0 unspecified atom stereocenters. The molecule has 0 bridgehead atoms. The minimum absolute atomic E-state index is 0.0316. The maximum atomic E-state index is 13.5. The van der Waals surface area contributed by atoms with Gasteiger partial charge in [0.05, 0.1) is 9.81 Å². The average molecular weight is 633 g/mol. The summed E-state index contributed by atoms with van der Waals surface area (Å²) in [6, 6.07) is 12.7. The molecule has 0 amide bonds. The van der Waals surface area contributed by atoms with Crippen molar-refractivity contribution in [2.45, 2.75) is 165 Å². The van der Waals surface area contributed by atoms with E-state index in [0.29, 0.717) is 9.81 Å². The van der Waals surface area contributed by atoms with E-state index in [0.717, 1.165) is 33.8 Å². The van der Waals surface area contributed by atoms with Gasteiger partial charge in [0, 0.05) is 20.9 Å². The number of rotatable bonds is 22. The number of benzene rings is 2. The van der Waals surface area contributed by atoms with Gasteiger partial charge in [-0.1, -0.05) is 165 Å². The first kappa shape index (κ1) is 35.1. The molecular formula is C40H56O2S2. The summed E-state index contributed by atoms with van der Waals surface area (Å²) < 4.78 is 0. The third-order valence-electron chi connectivity index (χ3n) is 9.26. The second kappa shape index (κ2) is 19.7. The molecule has 0 fully saturated rings. The van der Waals surface area contributed by atoms with E-state index in [1.807, 2.05) is 0 Å². The largest absolute Gasteiger partial charge is 0.288 e. The summed E-state index contributed by atoms with van der Waals surface area (Å²) in [6.45, 7) is 4.55. The number of fused-ring (bicyclic) bond motifs is 2. The van der Waals surface area contributed by atoms with Crippen LogP contribution in [0, 0.1) is 0 Å². The molecule has 0 N–H and O–H groups in total. The molecule has 4 rings (SSSR count). The summed E-state index contributed by atoms with van der Waals surface area (Å²) in [4.78, 5) is 30.3. The maximum absolute atomic E-state index is 13.5. The van der Waals surface area contributed by atoms with Gasteiger partial charge < -0.3 is 0 Å². The quantitative estimate of drug-likeness (QED) is 0.0955. The van der Waals surface area contributed by atoms with E-state index >= 15 is 0 Å². The summed E-state index contributed by atoms with van der Waals surface area (Å²) in [5, 5.41) is 0. The van der Waals surface area contributed by atoms with Gasteiger partial charge in [0.1, 0.15) is 0 Å². The van der Waals surface area contributed by atoms with E-state index < -0.39 is 0 Å². The predicted octanol–water partition coefficient (Wildman–Crippen LogP) is 13.1. The Morgan fingerprint density at radius 2 is 0.750 bits per heavy atom. The first-order valence-electron chi connectivity index (χ1n) is 18.1. The van der Waals surface area contributed by atoms with Gasteiger partial charge >= 0.3 is 0 Å². The molecule has 0 saturated heterocycles. The summed E-state index contributed by atoms with van der Waals surface area (Å²) in [7, 11) is 0. The van der Waals surface area contributed by atoms with Crippen molar-refractivity contribution in [1.82, 2.24) is 0 Å². The Morgan fingerprint density at radius 1 is 0.432 bits per heavy atom. The van der Waals surface area contributed by atoms with Crippen molar-refractivity contribution < 1.29 is 9.59 Å². The second-order valence-electron chi connectivity index (χ2n) is 13.0. The molecule has 240 valence electrons. The Kier molecular flexibility index (Phi) is 15.7. The van der Waals surface area contributed by atoms with Gasteiger partial charge in [0.2, 0.25) is 11.6 Å². The standard InChI is InChI=1S/C40H56O2S2/c1-3-5-7-9-11-13-15-17-19-21-23-31-25-27-35-33(29-31)37(41)39(43-35)40-38(42)34-30-32(26-28-36(34)44-40)24-22-20-18-16-14-12-10-8-6-4-2/h25-30H,3-24H2,1-2H3/b40-39-. The van der Waals surface area contributed by atoms with Crippen molar-refractivity contribution in [3.63, 3.8) is 0 Å². The number of ketones is 2. The molecule has 0 aliphatic carbocycles. The molecule has 2 aliphatic rings. The van der Waals surface area contributed by atoms with Crippen LogP contribution in [-0.2, 0) is 12.8 Å². The predicted molar refractivity (Wildman–Crippen MR) is 191 cm³/mol. The smallest absolute Gasteiger partial charge is 0.202 e. The highest BCUT2D eigenvalue weighted by atomic mass is 32.2. The lowest BCUT2D eigenvalue weighted by Crippen LogP contribution is -2.03. The topological polar surface area (TPSA) is 34.1 Å². The molecule has 2 heterocycles. The highest BCUT2D eigenvalue weighted by Crippen LogP contribution is 2.50. The highest BCUT2D eigenvalue weighted by molar-refractivity contribution is 8.08. The maximum Gasteiger partial charge on any atom is 0.202 e. The number of hydrogen-bond donors (Lipinski definition) is 0. The molecular weight excluding hydrogens is 577 g/mol. The van der Waals surface area contributed by atoms with Crippen molar-refractivity contribution >= 4 is 35.1 Å². The van der Waals surface area contributed by atoms with Crippen LogP contribution in [-0.4, -0.2) is 11.6 Å². The van der Waals surface area contributed by atoms with Crippen molar-refractivity contribution in [3.8, 4) is 0 Å². The SMILES string of the molecule is CCCCCCCCCCCCc1ccc2c(c1)C(=O)/C(=C1/Sc3ccc(CCCCCCCCCCCC)cc3C1=O)S2. The normalized spacial score (nSPS) is 15.8. The van der Waals surface area contributed by atoms with Crippen LogP contribution in [0.1, 0.15) is 174 Å². The number of carbonyl (C=O) groups is 2. The lowest BCUT2D eigenvalue weighted by atomic mass is 10.00. The number of allylic oxidation sites excluding steroid dienone is 2. The van der Waals surface area contributed by atoms with E-state index in [4.69, 9.17) is 0 Å². The molecule has 4 heteroatoms. The number of aryl methyl sites for hydroxylation is 2.